The van der Waals surface area contributed by atoms with Crippen molar-refractivity contribution < 1.29 is 13.2 Å². The summed E-state index contributed by atoms with van der Waals surface area (Å²) in [7, 11) is -3.65. The van der Waals surface area contributed by atoms with E-state index in [0.717, 1.165) is 31.2 Å². The molecule has 0 atom stereocenters. The van der Waals surface area contributed by atoms with Crippen LogP contribution in [0.5, 0.6) is 0 Å². The van der Waals surface area contributed by atoms with Gasteiger partial charge in [0.15, 0.2) is 0 Å². The van der Waals surface area contributed by atoms with Gasteiger partial charge >= 0.3 is 0 Å². The van der Waals surface area contributed by atoms with E-state index in [1.54, 1.807) is 12.1 Å². The van der Waals surface area contributed by atoms with Crippen molar-refractivity contribution in [1.82, 2.24) is 10.0 Å². The third-order valence-corrected chi connectivity index (χ3v) is 5.72. The summed E-state index contributed by atoms with van der Waals surface area (Å²) in [6.45, 7) is 2.33. The Balaban J connectivity index is 1.81. The summed E-state index contributed by atoms with van der Waals surface area (Å²) < 4.78 is 26.6. The zero-order valence-electron chi connectivity index (χ0n) is 13.4. The monoisotopic (exact) mass is 339 g/mol. The van der Waals surface area contributed by atoms with Crippen LogP contribution in [0, 0.1) is 12.8 Å². The third-order valence-electron chi connectivity index (χ3n) is 4.30. The molecule has 7 heteroatoms. The lowest BCUT2D eigenvalue weighted by Gasteiger charge is -2.28. The molecule has 0 saturated heterocycles. The average molecular weight is 339 g/mol. The number of hydrogen-bond donors (Lipinski definition) is 3. The molecule has 1 aliphatic rings. The lowest BCUT2D eigenvalue weighted by Crippen LogP contribution is -2.43. The van der Waals surface area contributed by atoms with Crippen LogP contribution in [0.4, 0.5) is 0 Å². The summed E-state index contributed by atoms with van der Waals surface area (Å²) in [5.41, 5.74) is 6.63. The molecule has 1 amide bonds. The first kappa shape index (κ1) is 17.9. The normalized spacial score (nSPS) is 21.8. The Morgan fingerprint density at radius 2 is 1.78 bits per heavy atom. The Morgan fingerprint density at radius 3 is 2.35 bits per heavy atom. The van der Waals surface area contributed by atoms with E-state index < -0.39 is 10.0 Å². The lowest BCUT2D eigenvalue weighted by molar-refractivity contribution is -0.120. The van der Waals surface area contributed by atoms with Gasteiger partial charge in [0.2, 0.25) is 15.9 Å². The van der Waals surface area contributed by atoms with Crippen LogP contribution < -0.4 is 15.8 Å². The molecule has 0 unspecified atom stereocenters. The van der Waals surface area contributed by atoms with E-state index in [1.165, 1.54) is 12.1 Å². The highest BCUT2D eigenvalue weighted by atomic mass is 32.2. The van der Waals surface area contributed by atoms with Crippen LogP contribution in [-0.2, 0) is 14.8 Å². The second kappa shape index (κ2) is 7.90. The van der Waals surface area contributed by atoms with Crippen LogP contribution >= 0.6 is 0 Å². The van der Waals surface area contributed by atoms with Gasteiger partial charge in [0.25, 0.3) is 0 Å². The highest BCUT2D eigenvalue weighted by Gasteiger charge is 2.22. The smallest absolute Gasteiger partial charge is 0.241 e. The number of rotatable bonds is 6. The molecule has 1 aliphatic carbocycles. The molecule has 0 spiro atoms. The molecule has 6 nitrogen and oxygen atoms in total. The van der Waals surface area contributed by atoms with Crippen molar-refractivity contribution in [3.8, 4) is 0 Å². The number of carbonyl (C=O) groups is 1. The van der Waals surface area contributed by atoms with Crippen LogP contribution in [0.15, 0.2) is 29.2 Å². The van der Waals surface area contributed by atoms with Crippen molar-refractivity contribution in [3.05, 3.63) is 29.8 Å². The SMILES string of the molecule is Cc1ccc(S(=O)(=O)NCC(=O)NC2CCC(CN)CC2)cc1. The fraction of sp³-hybridized carbons (Fsp3) is 0.562. The minimum absolute atomic E-state index is 0.120. The van der Waals surface area contributed by atoms with E-state index in [2.05, 4.69) is 10.0 Å². The predicted molar refractivity (Wildman–Crippen MR) is 89.3 cm³/mol. The summed E-state index contributed by atoms with van der Waals surface area (Å²) in [5, 5.41) is 2.89. The van der Waals surface area contributed by atoms with Crippen LogP contribution in [0.1, 0.15) is 31.2 Å². The van der Waals surface area contributed by atoms with Gasteiger partial charge in [0.1, 0.15) is 0 Å². The summed E-state index contributed by atoms with van der Waals surface area (Å²) in [6, 6.07) is 6.64. The lowest BCUT2D eigenvalue weighted by atomic mass is 9.86. The molecule has 4 N–H and O–H groups in total. The minimum atomic E-state index is -3.65. The number of hydrogen-bond acceptors (Lipinski definition) is 4. The van der Waals surface area contributed by atoms with E-state index in [4.69, 9.17) is 5.73 Å². The fourth-order valence-corrected chi connectivity index (χ4v) is 3.76. The minimum Gasteiger partial charge on any atom is -0.352 e. The van der Waals surface area contributed by atoms with Gasteiger partial charge in [-0.1, -0.05) is 17.7 Å². The van der Waals surface area contributed by atoms with Gasteiger partial charge in [0, 0.05) is 6.04 Å². The van der Waals surface area contributed by atoms with Gasteiger partial charge in [-0.3, -0.25) is 4.79 Å². The number of amides is 1. The Bertz CT molecular complexity index is 620. The number of benzene rings is 1. The molecule has 0 aromatic heterocycles. The second-order valence-corrected chi connectivity index (χ2v) is 7.93. The standard InChI is InChI=1S/C16H25N3O3S/c1-12-2-8-15(9-3-12)23(21,22)18-11-16(20)19-14-6-4-13(10-17)5-7-14/h2-3,8-9,13-14,18H,4-7,10-11,17H2,1H3,(H,19,20). The van der Waals surface area contributed by atoms with E-state index >= 15 is 0 Å². The molecule has 1 aromatic carbocycles. The van der Waals surface area contributed by atoms with Crippen molar-refractivity contribution >= 4 is 15.9 Å². The zero-order valence-corrected chi connectivity index (χ0v) is 14.2. The Kier molecular flexibility index (Phi) is 6.15. The van der Waals surface area contributed by atoms with Gasteiger partial charge in [0.05, 0.1) is 11.4 Å². The Morgan fingerprint density at radius 1 is 1.17 bits per heavy atom. The van der Waals surface area contributed by atoms with Gasteiger partial charge in [-0.05, 0) is 57.2 Å². The molecule has 0 bridgehead atoms. The van der Waals surface area contributed by atoms with Crippen LogP contribution in [-0.4, -0.2) is 33.5 Å². The number of nitrogens with two attached hydrogens (primary N) is 1. The van der Waals surface area contributed by atoms with Crippen molar-refractivity contribution in [3.63, 3.8) is 0 Å². The average Bonchev–Trinajstić information content (AvgIpc) is 2.54. The summed E-state index contributed by atoms with van der Waals surface area (Å²) in [6.07, 6.45) is 3.82. The number of aryl methyl sites for hydroxylation is 1. The summed E-state index contributed by atoms with van der Waals surface area (Å²) in [4.78, 5) is 12.1. The molecule has 0 heterocycles. The molecule has 128 valence electrons. The molecular weight excluding hydrogens is 314 g/mol. The number of carbonyl (C=O) groups excluding carboxylic acids is 1. The predicted octanol–water partition coefficient (Wildman–Crippen LogP) is 0.907. The molecule has 2 rings (SSSR count). The fourth-order valence-electron chi connectivity index (χ4n) is 2.78. The van der Waals surface area contributed by atoms with Gasteiger partial charge in [-0.25, -0.2) is 13.1 Å². The first-order valence-corrected chi connectivity index (χ1v) is 9.45. The van der Waals surface area contributed by atoms with E-state index in [1.807, 2.05) is 6.92 Å². The second-order valence-electron chi connectivity index (χ2n) is 6.16. The van der Waals surface area contributed by atoms with Crippen molar-refractivity contribution in [2.45, 2.75) is 43.5 Å². The maximum atomic E-state index is 12.1. The highest BCUT2D eigenvalue weighted by Crippen LogP contribution is 2.23. The van der Waals surface area contributed by atoms with Crippen molar-refractivity contribution in [1.29, 1.82) is 0 Å². The van der Waals surface area contributed by atoms with Crippen molar-refractivity contribution in [2.24, 2.45) is 11.7 Å². The largest absolute Gasteiger partial charge is 0.352 e. The van der Waals surface area contributed by atoms with Crippen LogP contribution in [0.2, 0.25) is 0 Å². The maximum absolute atomic E-state index is 12.1. The van der Waals surface area contributed by atoms with Crippen LogP contribution in [0.3, 0.4) is 0 Å². The Labute approximate surface area is 137 Å². The van der Waals surface area contributed by atoms with Crippen LogP contribution in [0.25, 0.3) is 0 Å². The molecule has 1 aromatic rings. The molecule has 1 fully saturated rings. The zero-order chi connectivity index (χ0) is 16.9. The first-order chi connectivity index (χ1) is 10.9. The van der Waals surface area contributed by atoms with Crippen molar-refractivity contribution in [2.75, 3.05) is 13.1 Å². The molecular formula is C16H25N3O3S. The van der Waals surface area contributed by atoms with E-state index in [0.29, 0.717) is 12.5 Å². The topological polar surface area (TPSA) is 101 Å². The quantitative estimate of drug-likeness (QED) is 0.717. The molecule has 1 saturated carbocycles. The number of nitrogens with one attached hydrogen (secondary N) is 2. The number of sulfonamides is 1. The third kappa shape index (κ3) is 5.30. The van der Waals surface area contributed by atoms with E-state index in [9.17, 15) is 13.2 Å². The summed E-state index contributed by atoms with van der Waals surface area (Å²) >= 11 is 0. The first-order valence-electron chi connectivity index (χ1n) is 7.96. The highest BCUT2D eigenvalue weighted by molar-refractivity contribution is 7.89. The Hall–Kier alpha value is -1.44. The maximum Gasteiger partial charge on any atom is 0.241 e. The van der Waals surface area contributed by atoms with Gasteiger partial charge < -0.3 is 11.1 Å². The molecule has 23 heavy (non-hydrogen) atoms. The van der Waals surface area contributed by atoms with E-state index in [-0.39, 0.29) is 23.4 Å². The van der Waals surface area contributed by atoms with Gasteiger partial charge in [-0.15, -0.1) is 0 Å². The molecule has 0 aliphatic heterocycles. The van der Waals surface area contributed by atoms with Gasteiger partial charge in [-0.2, -0.15) is 0 Å². The summed E-state index contributed by atoms with van der Waals surface area (Å²) in [5.74, 6) is 0.250. The molecule has 0 radical (unpaired) electrons.